The van der Waals surface area contributed by atoms with Crippen LogP contribution in [-0.2, 0) is 28.7 Å². The Hall–Kier alpha value is -2.55. The van der Waals surface area contributed by atoms with Crippen molar-refractivity contribution in [1.29, 1.82) is 0 Å². The Kier molecular flexibility index (Phi) is 8.72. The molecule has 0 heterocycles. The molecule has 1 N–H and O–H groups in total. The van der Waals surface area contributed by atoms with Crippen LogP contribution in [0, 0.1) is 0 Å². The van der Waals surface area contributed by atoms with Crippen molar-refractivity contribution in [3.63, 3.8) is 0 Å². The topological polar surface area (TPSA) is 46.5 Å². The number of hydrogen-bond acceptors (Lipinski definition) is 2. The normalized spacial score (nSPS) is 15.7. The smallest absolute Gasteiger partial charge is 0.303 e. The standard InChI is InChI=1S/C24H30O3.C5H10/c1-23(2)13-14-24(3,4)21-15-18(7-11-20(21)23)16-27-19-9-5-17(6-10-19)8-12-22(25)26;1-4-5(2)3/h5-7,9-11,15H,8,12-14,16H2,1-4H3,(H,25,26);2,4H2,1,3H3. The largest absolute Gasteiger partial charge is 0.489 e. The number of rotatable bonds is 7. The summed E-state index contributed by atoms with van der Waals surface area (Å²) in [6, 6.07) is 14.5. The molecule has 0 aliphatic heterocycles. The molecular formula is C29H40O3. The van der Waals surface area contributed by atoms with Gasteiger partial charge in [-0.05, 0) is 77.8 Å². The fourth-order valence-corrected chi connectivity index (χ4v) is 3.90. The molecule has 3 nitrogen and oxygen atoms in total. The Bertz CT molecular complexity index is 920. The molecule has 0 saturated heterocycles. The zero-order valence-corrected chi connectivity index (χ0v) is 20.8. The molecule has 0 unspecified atom stereocenters. The first-order valence-electron chi connectivity index (χ1n) is 11.7. The van der Waals surface area contributed by atoms with E-state index in [1.807, 2.05) is 31.2 Å². The minimum Gasteiger partial charge on any atom is -0.489 e. The van der Waals surface area contributed by atoms with Crippen molar-refractivity contribution in [2.24, 2.45) is 0 Å². The lowest BCUT2D eigenvalue weighted by Crippen LogP contribution is -2.33. The Morgan fingerprint density at radius 3 is 2.03 bits per heavy atom. The lowest BCUT2D eigenvalue weighted by Gasteiger charge is -2.42. The highest BCUT2D eigenvalue weighted by Gasteiger charge is 2.36. The molecule has 2 aromatic carbocycles. The van der Waals surface area contributed by atoms with E-state index in [2.05, 4.69) is 59.4 Å². The zero-order chi connectivity index (χ0) is 23.9. The summed E-state index contributed by atoms with van der Waals surface area (Å²) in [7, 11) is 0. The third kappa shape index (κ3) is 7.25. The van der Waals surface area contributed by atoms with E-state index in [4.69, 9.17) is 9.84 Å². The van der Waals surface area contributed by atoms with Gasteiger partial charge in [0.2, 0.25) is 0 Å². The van der Waals surface area contributed by atoms with Gasteiger partial charge in [-0.2, -0.15) is 0 Å². The minimum atomic E-state index is -0.770. The van der Waals surface area contributed by atoms with Gasteiger partial charge in [-0.15, -0.1) is 6.58 Å². The average molecular weight is 437 g/mol. The molecule has 1 aliphatic rings. The van der Waals surface area contributed by atoms with Crippen molar-refractivity contribution in [3.05, 3.63) is 76.9 Å². The molecule has 0 aromatic heterocycles. The molecule has 2 aromatic rings. The summed E-state index contributed by atoms with van der Waals surface area (Å²) < 4.78 is 5.97. The van der Waals surface area contributed by atoms with Gasteiger partial charge >= 0.3 is 5.97 Å². The van der Waals surface area contributed by atoms with Crippen LogP contribution in [0.4, 0.5) is 0 Å². The summed E-state index contributed by atoms with van der Waals surface area (Å²) in [5.74, 6) is 0.0419. The number of carbonyl (C=O) groups is 1. The Balaban J connectivity index is 0.000000654. The maximum absolute atomic E-state index is 10.7. The van der Waals surface area contributed by atoms with Crippen molar-refractivity contribution < 1.29 is 14.6 Å². The SMILES string of the molecule is C=C(C)CC.CC1(C)CCC(C)(C)c2cc(COc3ccc(CCC(=O)O)cc3)ccc21. The number of aliphatic carboxylic acids is 1. The molecule has 32 heavy (non-hydrogen) atoms. The zero-order valence-electron chi connectivity index (χ0n) is 20.8. The van der Waals surface area contributed by atoms with Crippen molar-refractivity contribution in [2.75, 3.05) is 0 Å². The first-order valence-corrected chi connectivity index (χ1v) is 11.7. The molecule has 0 spiro atoms. The summed E-state index contributed by atoms with van der Waals surface area (Å²) in [6.45, 7) is 17.7. The Labute approximate surface area is 194 Å². The Morgan fingerprint density at radius 1 is 0.969 bits per heavy atom. The highest BCUT2D eigenvalue weighted by atomic mass is 16.5. The monoisotopic (exact) mass is 436 g/mol. The number of aryl methyl sites for hydroxylation is 1. The van der Waals surface area contributed by atoms with Crippen LogP contribution in [0.3, 0.4) is 0 Å². The number of carboxylic acid groups (broad SMARTS) is 1. The van der Waals surface area contributed by atoms with Crippen LogP contribution in [-0.4, -0.2) is 11.1 Å². The minimum absolute atomic E-state index is 0.154. The van der Waals surface area contributed by atoms with Gasteiger partial charge in [0, 0.05) is 6.42 Å². The van der Waals surface area contributed by atoms with Crippen LogP contribution in [0.15, 0.2) is 54.6 Å². The number of ether oxygens (including phenoxy) is 1. The number of benzene rings is 2. The number of fused-ring (bicyclic) bond motifs is 1. The lowest BCUT2D eigenvalue weighted by atomic mass is 9.63. The Morgan fingerprint density at radius 2 is 1.50 bits per heavy atom. The third-order valence-electron chi connectivity index (χ3n) is 6.48. The van der Waals surface area contributed by atoms with E-state index < -0.39 is 5.97 Å². The van der Waals surface area contributed by atoms with Gasteiger partial charge in [0.05, 0.1) is 0 Å². The van der Waals surface area contributed by atoms with Gasteiger partial charge < -0.3 is 9.84 Å². The van der Waals surface area contributed by atoms with E-state index in [-0.39, 0.29) is 17.3 Å². The van der Waals surface area contributed by atoms with E-state index in [1.165, 1.54) is 35.1 Å². The fourth-order valence-electron chi connectivity index (χ4n) is 3.90. The van der Waals surface area contributed by atoms with Gasteiger partial charge in [0.15, 0.2) is 0 Å². The van der Waals surface area contributed by atoms with Crippen LogP contribution in [0.5, 0.6) is 5.75 Å². The summed E-state index contributed by atoms with van der Waals surface area (Å²) in [4.78, 5) is 10.7. The van der Waals surface area contributed by atoms with E-state index in [0.29, 0.717) is 13.0 Å². The molecule has 174 valence electrons. The summed E-state index contributed by atoms with van der Waals surface area (Å²) in [5, 5.41) is 8.77. The first-order chi connectivity index (χ1) is 14.9. The predicted octanol–water partition coefficient (Wildman–Crippen LogP) is 7.60. The van der Waals surface area contributed by atoms with Crippen LogP contribution >= 0.6 is 0 Å². The summed E-state index contributed by atoms with van der Waals surface area (Å²) >= 11 is 0. The molecule has 0 atom stereocenters. The lowest BCUT2D eigenvalue weighted by molar-refractivity contribution is -0.136. The van der Waals surface area contributed by atoms with E-state index >= 15 is 0 Å². The maximum Gasteiger partial charge on any atom is 0.303 e. The molecular weight excluding hydrogens is 396 g/mol. The van der Waals surface area contributed by atoms with Crippen LogP contribution in [0.25, 0.3) is 0 Å². The van der Waals surface area contributed by atoms with Crippen molar-refractivity contribution in [1.82, 2.24) is 0 Å². The molecule has 0 fully saturated rings. The summed E-state index contributed by atoms with van der Waals surface area (Å²) in [6.07, 6.45) is 4.24. The van der Waals surface area contributed by atoms with Crippen LogP contribution in [0.2, 0.25) is 0 Å². The predicted molar refractivity (Wildman–Crippen MR) is 134 cm³/mol. The number of carboxylic acids is 1. The molecule has 3 heteroatoms. The molecule has 0 bridgehead atoms. The second kappa shape index (κ2) is 10.8. The van der Waals surface area contributed by atoms with Gasteiger partial charge in [0.25, 0.3) is 0 Å². The highest BCUT2D eigenvalue weighted by molar-refractivity contribution is 5.67. The van der Waals surface area contributed by atoms with E-state index in [9.17, 15) is 4.79 Å². The van der Waals surface area contributed by atoms with Crippen molar-refractivity contribution in [3.8, 4) is 5.75 Å². The molecule has 1 aliphatic carbocycles. The third-order valence-corrected chi connectivity index (χ3v) is 6.48. The molecule has 3 rings (SSSR count). The van der Waals surface area contributed by atoms with Crippen LogP contribution in [0.1, 0.15) is 89.5 Å². The van der Waals surface area contributed by atoms with Gasteiger partial charge in [-0.3, -0.25) is 4.79 Å². The molecule has 0 radical (unpaired) electrons. The fraction of sp³-hybridized carbons (Fsp3) is 0.483. The first kappa shape index (κ1) is 25.7. The van der Waals surface area contributed by atoms with Gasteiger partial charge in [-0.25, -0.2) is 0 Å². The van der Waals surface area contributed by atoms with Gasteiger partial charge in [0.1, 0.15) is 12.4 Å². The van der Waals surface area contributed by atoms with Gasteiger partial charge in [-0.1, -0.05) is 70.5 Å². The number of allylic oxidation sites excluding steroid dienone is 1. The summed E-state index contributed by atoms with van der Waals surface area (Å²) in [5.41, 5.74) is 6.80. The molecule has 0 amide bonds. The maximum atomic E-state index is 10.7. The molecule has 0 saturated carbocycles. The quantitative estimate of drug-likeness (QED) is 0.454. The number of hydrogen-bond donors (Lipinski definition) is 1. The average Bonchev–Trinajstić information content (AvgIpc) is 2.75. The highest BCUT2D eigenvalue weighted by Crippen LogP contribution is 2.45. The van der Waals surface area contributed by atoms with E-state index in [0.717, 1.165) is 17.7 Å². The van der Waals surface area contributed by atoms with Crippen molar-refractivity contribution in [2.45, 2.75) is 91.1 Å². The van der Waals surface area contributed by atoms with Crippen LogP contribution < -0.4 is 4.74 Å². The second-order valence-electron chi connectivity index (χ2n) is 10.3. The van der Waals surface area contributed by atoms with E-state index in [1.54, 1.807) is 0 Å². The van der Waals surface area contributed by atoms with Crippen molar-refractivity contribution >= 4 is 5.97 Å². The second-order valence-corrected chi connectivity index (χ2v) is 10.3.